The van der Waals surface area contributed by atoms with Crippen LogP contribution in [0.1, 0.15) is 5.56 Å². The van der Waals surface area contributed by atoms with Gasteiger partial charge >= 0.3 is 0 Å². The van der Waals surface area contributed by atoms with Crippen molar-refractivity contribution >= 4 is 29.3 Å². The summed E-state index contributed by atoms with van der Waals surface area (Å²) in [5, 5.41) is 4.51. The number of hydrogen-bond acceptors (Lipinski definition) is 2. The number of morpholine rings is 1. The van der Waals surface area contributed by atoms with Crippen LogP contribution < -0.4 is 5.32 Å². The first-order valence-electron chi connectivity index (χ1n) is 5.21. The summed E-state index contributed by atoms with van der Waals surface area (Å²) >= 11 is 12.0. The average Bonchev–Trinajstić information content (AvgIpc) is 2.32. The molecule has 1 aliphatic heterocycles. The summed E-state index contributed by atoms with van der Waals surface area (Å²) in [5.41, 5.74) is 0.932. The number of benzene rings is 1. The molecule has 1 aromatic rings. The van der Waals surface area contributed by atoms with Gasteiger partial charge in [-0.1, -0.05) is 47.5 Å². The van der Waals surface area contributed by atoms with E-state index in [0.29, 0.717) is 16.7 Å². The van der Waals surface area contributed by atoms with E-state index in [2.05, 4.69) is 11.4 Å². The van der Waals surface area contributed by atoms with E-state index >= 15 is 0 Å². The lowest BCUT2D eigenvalue weighted by Crippen LogP contribution is -2.39. The molecule has 86 valence electrons. The van der Waals surface area contributed by atoms with Gasteiger partial charge in [0.2, 0.25) is 0 Å². The fraction of sp³-hybridized carbons (Fsp3) is 0.333. The van der Waals surface area contributed by atoms with Gasteiger partial charge in [-0.15, -0.1) is 0 Å². The molecule has 1 unspecified atom stereocenters. The van der Waals surface area contributed by atoms with Gasteiger partial charge < -0.3 is 10.1 Å². The third-order valence-electron chi connectivity index (χ3n) is 2.44. The Morgan fingerprint density at radius 1 is 1.38 bits per heavy atom. The Bertz CT molecular complexity index is 387. The van der Waals surface area contributed by atoms with Gasteiger partial charge in [-0.25, -0.2) is 0 Å². The van der Waals surface area contributed by atoms with Crippen LogP contribution in [0.3, 0.4) is 0 Å². The van der Waals surface area contributed by atoms with Crippen molar-refractivity contribution in [1.82, 2.24) is 5.32 Å². The van der Waals surface area contributed by atoms with Crippen molar-refractivity contribution in [2.24, 2.45) is 0 Å². The average molecular weight is 258 g/mol. The van der Waals surface area contributed by atoms with Crippen LogP contribution in [0.2, 0.25) is 10.0 Å². The SMILES string of the molecule is Clc1cccc(/C=C/C2COCCN2)c1Cl. The van der Waals surface area contributed by atoms with Crippen LogP contribution in [0, 0.1) is 0 Å². The first-order valence-corrected chi connectivity index (χ1v) is 5.96. The topological polar surface area (TPSA) is 21.3 Å². The number of halogens is 2. The predicted molar refractivity (Wildman–Crippen MR) is 68.1 cm³/mol. The second-order valence-corrected chi connectivity index (χ2v) is 4.42. The highest BCUT2D eigenvalue weighted by atomic mass is 35.5. The summed E-state index contributed by atoms with van der Waals surface area (Å²) in [4.78, 5) is 0. The van der Waals surface area contributed by atoms with Gasteiger partial charge in [0.05, 0.1) is 23.3 Å². The largest absolute Gasteiger partial charge is 0.378 e. The fourth-order valence-electron chi connectivity index (χ4n) is 1.58. The molecule has 0 spiro atoms. The molecule has 1 fully saturated rings. The van der Waals surface area contributed by atoms with Gasteiger partial charge in [0.25, 0.3) is 0 Å². The highest BCUT2D eigenvalue weighted by Crippen LogP contribution is 2.26. The highest BCUT2D eigenvalue weighted by Gasteiger charge is 2.09. The van der Waals surface area contributed by atoms with Gasteiger partial charge in [-0.05, 0) is 11.6 Å². The minimum Gasteiger partial charge on any atom is -0.378 e. The molecule has 0 aromatic heterocycles. The second kappa shape index (κ2) is 5.69. The Morgan fingerprint density at radius 3 is 3.00 bits per heavy atom. The lowest BCUT2D eigenvalue weighted by atomic mass is 10.1. The molecule has 1 N–H and O–H groups in total. The molecule has 1 aromatic carbocycles. The second-order valence-electron chi connectivity index (χ2n) is 3.64. The predicted octanol–water partition coefficient (Wildman–Crippen LogP) is 3.00. The third-order valence-corrected chi connectivity index (χ3v) is 3.27. The van der Waals surface area contributed by atoms with E-state index in [4.69, 9.17) is 27.9 Å². The molecule has 0 saturated carbocycles. The highest BCUT2D eigenvalue weighted by molar-refractivity contribution is 6.42. The van der Waals surface area contributed by atoms with Crippen LogP contribution in [0.15, 0.2) is 24.3 Å². The van der Waals surface area contributed by atoms with Crippen molar-refractivity contribution in [3.63, 3.8) is 0 Å². The van der Waals surface area contributed by atoms with Crippen molar-refractivity contribution in [3.05, 3.63) is 39.9 Å². The first-order chi connectivity index (χ1) is 7.77. The van der Waals surface area contributed by atoms with Gasteiger partial charge in [0, 0.05) is 12.6 Å². The van der Waals surface area contributed by atoms with E-state index in [9.17, 15) is 0 Å². The van der Waals surface area contributed by atoms with E-state index < -0.39 is 0 Å². The summed E-state index contributed by atoms with van der Waals surface area (Å²) in [5.74, 6) is 0. The molecule has 0 radical (unpaired) electrons. The zero-order valence-electron chi connectivity index (χ0n) is 8.75. The van der Waals surface area contributed by atoms with Crippen molar-refractivity contribution in [1.29, 1.82) is 0 Å². The molecule has 2 nitrogen and oxygen atoms in total. The standard InChI is InChI=1S/C12H13Cl2NO/c13-11-3-1-2-9(12(11)14)4-5-10-8-16-7-6-15-10/h1-5,10,15H,6-8H2/b5-4+. The lowest BCUT2D eigenvalue weighted by Gasteiger charge is -2.20. The Hall–Kier alpha value is -0.540. The van der Waals surface area contributed by atoms with Crippen molar-refractivity contribution in [3.8, 4) is 0 Å². The molecule has 1 aliphatic rings. The molecule has 2 rings (SSSR count). The maximum absolute atomic E-state index is 6.08. The molecule has 4 heteroatoms. The minimum absolute atomic E-state index is 0.254. The van der Waals surface area contributed by atoms with Crippen molar-refractivity contribution in [2.75, 3.05) is 19.8 Å². The summed E-state index contributed by atoms with van der Waals surface area (Å²) in [6.07, 6.45) is 4.03. The zero-order valence-corrected chi connectivity index (χ0v) is 10.3. The van der Waals surface area contributed by atoms with Crippen LogP contribution in [0.5, 0.6) is 0 Å². The number of rotatable bonds is 2. The molecular formula is C12H13Cl2NO. The van der Waals surface area contributed by atoms with Crippen LogP contribution >= 0.6 is 23.2 Å². The Morgan fingerprint density at radius 2 is 2.25 bits per heavy atom. The van der Waals surface area contributed by atoms with E-state index in [-0.39, 0.29) is 6.04 Å². The molecule has 1 heterocycles. The quantitative estimate of drug-likeness (QED) is 0.880. The summed E-state index contributed by atoms with van der Waals surface area (Å²) in [6, 6.07) is 5.86. The van der Waals surface area contributed by atoms with E-state index in [0.717, 1.165) is 18.7 Å². The lowest BCUT2D eigenvalue weighted by molar-refractivity contribution is 0.0903. The molecule has 16 heavy (non-hydrogen) atoms. The minimum atomic E-state index is 0.254. The van der Waals surface area contributed by atoms with Crippen LogP contribution in [-0.4, -0.2) is 25.8 Å². The molecule has 1 saturated heterocycles. The van der Waals surface area contributed by atoms with Gasteiger partial charge in [0.1, 0.15) is 0 Å². The number of ether oxygens (including phenoxy) is 1. The van der Waals surface area contributed by atoms with Crippen LogP contribution in [0.25, 0.3) is 6.08 Å². The zero-order chi connectivity index (χ0) is 11.4. The van der Waals surface area contributed by atoms with Crippen molar-refractivity contribution < 1.29 is 4.74 Å². The van der Waals surface area contributed by atoms with Crippen LogP contribution in [0.4, 0.5) is 0 Å². The van der Waals surface area contributed by atoms with E-state index in [1.165, 1.54) is 0 Å². The maximum Gasteiger partial charge on any atom is 0.0664 e. The molecule has 0 bridgehead atoms. The Balaban J connectivity index is 2.07. The third kappa shape index (κ3) is 2.98. The summed E-state index contributed by atoms with van der Waals surface area (Å²) < 4.78 is 5.35. The van der Waals surface area contributed by atoms with Gasteiger partial charge in [-0.2, -0.15) is 0 Å². The molecule has 0 amide bonds. The van der Waals surface area contributed by atoms with Gasteiger partial charge in [-0.3, -0.25) is 0 Å². The normalized spacial score (nSPS) is 21.5. The maximum atomic E-state index is 6.08. The van der Waals surface area contributed by atoms with E-state index in [1.54, 1.807) is 6.07 Å². The molecule has 1 atom stereocenters. The van der Waals surface area contributed by atoms with Crippen molar-refractivity contribution in [2.45, 2.75) is 6.04 Å². The summed E-state index contributed by atoms with van der Waals surface area (Å²) in [7, 11) is 0. The smallest absolute Gasteiger partial charge is 0.0664 e. The van der Waals surface area contributed by atoms with Gasteiger partial charge in [0.15, 0.2) is 0 Å². The Kier molecular flexibility index (Phi) is 4.24. The fourth-order valence-corrected chi connectivity index (χ4v) is 1.95. The number of hydrogen-bond donors (Lipinski definition) is 1. The monoisotopic (exact) mass is 257 g/mol. The first kappa shape index (κ1) is 11.9. The van der Waals surface area contributed by atoms with E-state index in [1.807, 2.05) is 18.2 Å². The van der Waals surface area contributed by atoms with Crippen LogP contribution in [-0.2, 0) is 4.74 Å². The Labute approximate surface area is 105 Å². The molecular weight excluding hydrogens is 245 g/mol. The number of nitrogens with one attached hydrogen (secondary N) is 1. The molecule has 0 aliphatic carbocycles. The summed E-state index contributed by atoms with van der Waals surface area (Å²) in [6.45, 7) is 2.37.